The molecule has 2 amide bonds. The molecule has 0 atom stereocenters. The van der Waals surface area contributed by atoms with Gasteiger partial charge in [0.05, 0.1) is 11.9 Å². The van der Waals surface area contributed by atoms with Crippen LogP contribution in [0, 0.1) is 0 Å². The predicted octanol–water partition coefficient (Wildman–Crippen LogP) is 0.258. The second-order valence-corrected chi connectivity index (χ2v) is 3.19. The third-order valence-corrected chi connectivity index (χ3v) is 1.92. The first-order valence-corrected chi connectivity index (χ1v) is 4.68. The van der Waals surface area contributed by atoms with Crippen molar-refractivity contribution in [2.45, 2.75) is 19.8 Å². The molecule has 0 aliphatic rings. The maximum Gasteiger partial charge on any atom is 0.269 e. The molecule has 1 rings (SSSR count). The van der Waals surface area contributed by atoms with E-state index in [4.69, 9.17) is 5.73 Å². The van der Waals surface area contributed by atoms with E-state index in [2.05, 4.69) is 10.4 Å². The molecule has 0 unspecified atom stereocenters. The lowest BCUT2D eigenvalue weighted by Gasteiger charge is -2.03. The van der Waals surface area contributed by atoms with Crippen molar-refractivity contribution in [2.75, 3.05) is 5.32 Å². The van der Waals surface area contributed by atoms with E-state index in [1.54, 1.807) is 7.05 Å². The number of hydrogen-bond donors (Lipinski definition) is 2. The van der Waals surface area contributed by atoms with Gasteiger partial charge in [-0.05, 0) is 6.42 Å². The Bertz CT molecular complexity index is 383. The lowest BCUT2D eigenvalue weighted by Crippen LogP contribution is -2.19. The van der Waals surface area contributed by atoms with Crippen LogP contribution >= 0.6 is 0 Å². The standard InChI is InChI=1S/C9H14N4O2/c1-3-4-7(14)12-6-5-11-13(2)8(6)9(10)15/h5H,3-4H2,1-2H3,(H2,10,15)(H,12,14). The first-order valence-electron chi connectivity index (χ1n) is 4.68. The van der Waals surface area contributed by atoms with Gasteiger partial charge in [-0.2, -0.15) is 5.10 Å². The lowest BCUT2D eigenvalue weighted by atomic mass is 10.3. The van der Waals surface area contributed by atoms with E-state index in [9.17, 15) is 9.59 Å². The molecule has 0 fully saturated rings. The number of carbonyl (C=O) groups excluding carboxylic acids is 2. The Morgan fingerprint density at radius 2 is 2.27 bits per heavy atom. The molecule has 6 heteroatoms. The van der Waals surface area contributed by atoms with Gasteiger partial charge in [-0.3, -0.25) is 14.3 Å². The fraction of sp³-hybridized carbons (Fsp3) is 0.444. The quantitative estimate of drug-likeness (QED) is 0.746. The van der Waals surface area contributed by atoms with Crippen LogP contribution in [-0.2, 0) is 11.8 Å². The van der Waals surface area contributed by atoms with Crippen molar-refractivity contribution in [3.8, 4) is 0 Å². The van der Waals surface area contributed by atoms with Crippen molar-refractivity contribution in [1.29, 1.82) is 0 Å². The summed E-state index contributed by atoms with van der Waals surface area (Å²) in [6.07, 6.45) is 2.57. The number of hydrogen-bond acceptors (Lipinski definition) is 3. The number of primary amides is 1. The highest BCUT2D eigenvalue weighted by Gasteiger charge is 2.15. The van der Waals surface area contributed by atoms with E-state index in [0.717, 1.165) is 6.42 Å². The van der Waals surface area contributed by atoms with Crippen LogP contribution in [0.15, 0.2) is 6.20 Å². The van der Waals surface area contributed by atoms with Gasteiger partial charge in [-0.25, -0.2) is 0 Å². The molecule has 3 N–H and O–H groups in total. The molecule has 15 heavy (non-hydrogen) atoms. The largest absolute Gasteiger partial charge is 0.364 e. The van der Waals surface area contributed by atoms with Gasteiger partial charge >= 0.3 is 0 Å². The maximum atomic E-state index is 11.3. The van der Waals surface area contributed by atoms with Crippen LogP contribution in [-0.4, -0.2) is 21.6 Å². The Hall–Kier alpha value is -1.85. The second-order valence-electron chi connectivity index (χ2n) is 3.19. The van der Waals surface area contributed by atoms with Crippen molar-refractivity contribution in [3.05, 3.63) is 11.9 Å². The Morgan fingerprint density at radius 3 is 2.80 bits per heavy atom. The van der Waals surface area contributed by atoms with E-state index in [1.807, 2.05) is 6.92 Å². The van der Waals surface area contributed by atoms with Crippen LogP contribution < -0.4 is 11.1 Å². The minimum Gasteiger partial charge on any atom is -0.364 e. The molecule has 1 aromatic rings. The topological polar surface area (TPSA) is 90.0 Å². The molecule has 1 heterocycles. The Morgan fingerprint density at radius 1 is 1.60 bits per heavy atom. The molecule has 0 aliphatic carbocycles. The molecule has 0 aromatic carbocycles. The highest BCUT2D eigenvalue weighted by molar-refractivity contribution is 6.01. The van der Waals surface area contributed by atoms with Crippen molar-refractivity contribution in [1.82, 2.24) is 9.78 Å². The molecular formula is C9H14N4O2. The number of nitrogens with one attached hydrogen (secondary N) is 1. The number of nitrogens with zero attached hydrogens (tertiary/aromatic N) is 2. The van der Waals surface area contributed by atoms with Crippen molar-refractivity contribution >= 4 is 17.5 Å². The monoisotopic (exact) mass is 210 g/mol. The van der Waals surface area contributed by atoms with Gasteiger partial charge in [-0.1, -0.05) is 6.92 Å². The molecule has 0 saturated carbocycles. The molecule has 0 bridgehead atoms. The molecular weight excluding hydrogens is 196 g/mol. The number of aromatic nitrogens is 2. The summed E-state index contributed by atoms with van der Waals surface area (Å²) in [4.78, 5) is 22.3. The van der Waals surface area contributed by atoms with Crippen LogP contribution in [0.4, 0.5) is 5.69 Å². The zero-order valence-corrected chi connectivity index (χ0v) is 8.78. The second kappa shape index (κ2) is 4.59. The van der Waals surface area contributed by atoms with Gasteiger partial charge in [0.25, 0.3) is 5.91 Å². The molecule has 0 radical (unpaired) electrons. The predicted molar refractivity (Wildman–Crippen MR) is 55.3 cm³/mol. The zero-order valence-electron chi connectivity index (χ0n) is 8.78. The molecule has 0 aliphatic heterocycles. The minimum absolute atomic E-state index is 0.145. The van der Waals surface area contributed by atoms with Crippen molar-refractivity contribution in [2.24, 2.45) is 12.8 Å². The lowest BCUT2D eigenvalue weighted by molar-refractivity contribution is -0.116. The zero-order chi connectivity index (χ0) is 11.4. The Kier molecular flexibility index (Phi) is 3.43. The molecule has 82 valence electrons. The SMILES string of the molecule is CCCC(=O)Nc1cnn(C)c1C(N)=O. The molecule has 6 nitrogen and oxygen atoms in total. The summed E-state index contributed by atoms with van der Waals surface area (Å²) in [5.41, 5.74) is 5.73. The van der Waals surface area contributed by atoms with E-state index in [1.165, 1.54) is 10.9 Å². The van der Waals surface area contributed by atoms with Gasteiger partial charge < -0.3 is 11.1 Å². The smallest absolute Gasteiger partial charge is 0.269 e. The number of anilines is 1. The van der Waals surface area contributed by atoms with Crippen molar-refractivity contribution in [3.63, 3.8) is 0 Å². The van der Waals surface area contributed by atoms with Crippen LogP contribution in [0.2, 0.25) is 0 Å². The third kappa shape index (κ3) is 2.55. The van der Waals surface area contributed by atoms with Crippen LogP contribution in [0.1, 0.15) is 30.3 Å². The Balaban J connectivity index is 2.86. The van der Waals surface area contributed by atoms with E-state index in [-0.39, 0.29) is 11.6 Å². The number of amides is 2. The van der Waals surface area contributed by atoms with Crippen LogP contribution in [0.5, 0.6) is 0 Å². The van der Waals surface area contributed by atoms with Crippen LogP contribution in [0.3, 0.4) is 0 Å². The fourth-order valence-electron chi connectivity index (χ4n) is 1.26. The van der Waals surface area contributed by atoms with E-state index >= 15 is 0 Å². The summed E-state index contributed by atoms with van der Waals surface area (Å²) in [6.45, 7) is 1.90. The number of aryl methyl sites for hydroxylation is 1. The average Bonchev–Trinajstić information content (AvgIpc) is 2.47. The Labute approximate surface area is 87.4 Å². The fourth-order valence-corrected chi connectivity index (χ4v) is 1.26. The maximum absolute atomic E-state index is 11.3. The summed E-state index contributed by atoms with van der Waals surface area (Å²) in [5, 5.41) is 6.44. The first-order chi connectivity index (χ1) is 7.06. The minimum atomic E-state index is -0.609. The highest BCUT2D eigenvalue weighted by Crippen LogP contribution is 2.13. The van der Waals surface area contributed by atoms with Gasteiger partial charge in [0.15, 0.2) is 0 Å². The number of rotatable bonds is 4. The van der Waals surface area contributed by atoms with Crippen LogP contribution in [0.25, 0.3) is 0 Å². The van der Waals surface area contributed by atoms with E-state index in [0.29, 0.717) is 12.1 Å². The van der Waals surface area contributed by atoms with E-state index < -0.39 is 5.91 Å². The molecule has 1 aromatic heterocycles. The summed E-state index contributed by atoms with van der Waals surface area (Å²) in [6, 6.07) is 0. The average molecular weight is 210 g/mol. The normalized spacial score (nSPS) is 10.0. The van der Waals surface area contributed by atoms with Gasteiger partial charge in [0, 0.05) is 13.5 Å². The summed E-state index contributed by atoms with van der Waals surface area (Å²) < 4.78 is 1.34. The summed E-state index contributed by atoms with van der Waals surface area (Å²) in [7, 11) is 1.59. The molecule has 0 spiro atoms. The van der Waals surface area contributed by atoms with Crippen molar-refractivity contribution < 1.29 is 9.59 Å². The van der Waals surface area contributed by atoms with Gasteiger partial charge in [0.1, 0.15) is 5.69 Å². The first kappa shape index (κ1) is 11.2. The highest BCUT2D eigenvalue weighted by atomic mass is 16.2. The summed E-state index contributed by atoms with van der Waals surface area (Å²) >= 11 is 0. The third-order valence-electron chi connectivity index (χ3n) is 1.92. The van der Waals surface area contributed by atoms with Gasteiger partial charge in [0.2, 0.25) is 5.91 Å². The molecule has 0 saturated heterocycles. The number of nitrogens with two attached hydrogens (primary N) is 1. The van der Waals surface area contributed by atoms with Gasteiger partial charge in [-0.15, -0.1) is 0 Å². The summed E-state index contributed by atoms with van der Waals surface area (Å²) in [5.74, 6) is -0.755. The number of carbonyl (C=O) groups is 2.